The number of rotatable bonds is 3. The Morgan fingerprint density at radius 3 is 2.11 bits per heavy atom. The Kier molecular flexibility index (Phi) is 4.27. The normalized spacial score (nSPS) is 10.4. The lowest BCUT2D eigenvalue weighted by Crippen LogP contribution is -1.87. The van der Waals surface area contributed by atoms with E-state index in [0.29, 0.717) is 15.7 Å². The lowest BCUT2D eigenvalue weighted by atomic mass is 10.3. The monoisotopic (exact) mass is 299 g/mol. The van der Waals surface area contributed by atoms with Crippen molar-refractivity contribution >= 4 is 40.7 Å². The number of nitrogens with two attached hydrogens (primary N) is 1. The van der Waals surface area contributed by atoms with E-state index in [4.69, 9.17) is 33.7 Å². The zero-order valence-electron chi connectivity index (χ0n) is 9.61. The fourth-order valence-electron chi connectivity index (χ4n) is 1.44. The molecule has 2 nitrogen and oxygen atoms in total. The quantitative estimate of drug-likeness (QED) is 0.832. The van der Waals surface area contributed by atoms with E-state index in [0.717, 1.165) is 15.5 Å². The van der Waals surface area contributed by atoms with Crippen molar-refractivity contribution in [2.75, 3.05) is 12.8 Å². The summed E-state index contributed by atoms with van der Waals surface area (Å²) in [5.74, 6) is 0.814. The summed E-state index contributed by atoms with van der Waals surface area (Å²) in [7, 11) is 1.63. The van der Waals surface area contributed by atoms with Gasteiger partial charge in [0.25, 0.3) is 0 Å². The Hall–Kier alpha value is -1.03. The predicted molar refractivity (Wildman–Crippen MR) is 78.0 cm³/mol. The molecule has 0 saturated carbocycles. The van der Waals surface area contributed by atoms with Gasteiger partial charge < -0.3 is 10.5 Å². The highest BCUT2D eigenvalue weighted by Gasteiger charge is 2.09. The van der Waals surface area contributed by atoms with Crippen molar-refractivity contribution in [3.05, 3.63) is 46.4 Å². The minimum absolute atomic E-state index is 0.556. The summed E-state index contributed by atoms with van der Waals surface area (Å²) in [5.41, 5.74) is 6.22. The van der Waals surface area contributed by atoms with Gasteiger partial charge in [0.05, 0.1) is 17.2 Å². The van der Waals surface area contributed by atoms with Crippen molar-refractivity contribution in [1.82, 2.24) is 0 Å². The molecule has 0 heterocycles. The molecule has 0 fully saturated rings. The first-order valence-corrected chi connectivity index (χ1v) is 6.74. The van der Waals surface area contributed by atoms with E-state index in [1.807, 2.05) is 24.3 Å². The van der Waals surface area contributed by atoms with E-state index in [1.165, 1.54) is 11.8 Å². The molecular weight excluding hydrogens is 289 g/mol. The molecule has 2 N–H and O–H groups in total. The molecule has 5 heteroatoms. The number of nitrogen functional groups attached to an aromatic ring is 1. The number of halogens is 2. The third-order valence-electron chi connectivity index (χ3n) is 2.30. The van der Waals surface area contributed by atoms with Gasteiger partial charge in [0.1, 0.15) is 5.75 Å². The van der Waals surface area contributed by atoms with Crippen molar-refractivity contribution in [3.63, 3.8) is 0 Å². The highest BCUT2D eigenvalue weighted by Crippen LogP contribution is 2.40. The first-order valence-electron chi connectivity index (χ1n) is 5.16. The molecule has 0 spiro atoms. The van der Waals surface area contributed by atoms with E-state index >= 15 is 0 Å². The summed E-state index contributed by atoms with van der Waals surface area (Å²) in [5, 5.41) is 1.11. The Morgan fingerprint density at radius 2 is 1.61 bits per heavy atom. The van der Waals surface area contributed by atoms with Gasteiger partial charge in [-0.25, -0.2) is 0 Å². The van der Waals surface area contributed by atoms with Gasteiger partial charge in [-0.05, 0) is 36.4 Å². The Balaban J connectivity index is 2.28. The summed E-state index contributed by atoms with van der Waals surface area (Å²) < 4.78 is 5.10. The summed E-state index contributed by atoms with van der Waals surface area (Å²) in [6, 6.07) is 11.1. The fraction of sp³-hybridized carbons (Fsp3) is 0.0769. The molecule has 0 aromatic heterocycles. The highest BCUT2D eigenvalue weighted by molar-refractivity contribution is 7.99. The zero-order valence-corrected chi connectivity index (χ0v) is 11.9. The number of methoxy groups -OCH3 is 1. The third kappa shape index (κ3) is 3.05. The number of ether oxygens (including phenoxy) is 1. The molecular formula is C13H11Cl2NOS. The topological polar surface area (TPSA) is 35.2 Å². The van der Waals surface area contributed by atoms with Gasteiger partial charge in [-0.3, -0.25) is 0 Å². The minimum atomic E-state index is 0.556. The standard InChI is InChI=1S/C13H11Cl2NOS/c1-17-9-2-4-10(5-3-9)18-13-11(14)6-8(16)7-12(13)15/h2-7H,16H2,1H3. The molecule has 2 aromatic rings. The van der Waals surface area contributed by atoms with Crippen molar-refractivity contribution in [2.45, 2.75) is 9.79 Å². The molecule has 18 heavy (non-hydrogen) atoms. The molecule has 0 aliphatic rings. The van der Waals surface area contributed by atoms with Crippen LogP contribution in [0.5, 0.6) is 5.75 Å². The van der Waals surface area contributed by atoms with Crippen LogP contribution in [0.15, 0.2) is 46.2 Å². The Labute approximate surface area is 120 Å². The van der Waals surface area contributed by atoms with Gasteiger partial charge in [0.15, 0.2) is 0 Å². The zero-order chi connectivity index (χ0) is 13.1. The van der Waals surface area contributed by atoms with Crippen LogP contribution in [0.25, 0.3) is 0 Å². The second-order valence-corrected chi connectivity index (χ2v) is 5.49. The van der Waals surface area contributed by atoms with Crippen LogP contribution >= 0.6 is 35.0 Å². The SMILES string of the molecule is COc1ccc(Sc2c(Cl)cc(N)cc2Cl)cc1. The second kappa shape index (κ2) is 5.74. The largest absolute Gasteiger partial charge is 0.497 e. The van der Waals surface area contributed by atoms with Crippen molar-refractivity contribution in [2.24, 2.45) is 0 Å². The lowest BCUT2D eigenvalue weighted by Gasteiger charge is -2.08. The van der Waals surface area contributed by atoms with Gasteiger partial charge in [-0.1, -0.05) is 35.0 Å². The van der Waals surface area contributed by atoms with Crippen LogP contribution < -0.4 is 10.5 Å². The number of hydrogen-bond donors (Lipinski definition) is 1. The highest BCUT2D eigenvalue weighted by atomic mass is 35.5. The van der Waals surface area contributed by atoms with Gasteiger partial charge in [-0.15, -0.1) is 0 Å². The Bertz CT molecular complexity index is 534. The predicted octanol–water partition coefficient (Wildman–Crippen LogP) is 4.74. The molecule has 0 amide bonds. The number of hydrogen-bond acceptors (Lipinski definition) is 3. The van der Waals surface area contributed by atoms with E-state index in [1.54, 1.807) is 19.2 Å². The van der Waals surface area contributed by atoms with E-state index < -0.39 is 0 Å². The van der Waals surface area contributed by atoms with Gasteiger partial charge >= 0.3 is 0 Å². The Morgan fingerprint density at radius 1 is 1.06 bits per heavy atom. The van der Waals surface area contributed by atoms with Crippen molar-refractivity contribution < 1.29 is 4.74 Å². The van der Waals surface area contributed by atoms with Crippen LogP contribution in [-0.2, 0) is 0 Å². The average Bonchev–Trinajstić information content (AvgIpc) is 2.34. The molecule has 0 aliphatic heterocycles. The summed E-state index contributed by atoms with van der Waals surface area (Å²) in [4.78, 5) is 1.84. The van der Waals surface area contributed by atoms with Crippen LogP contribution in [0, 0.1) is 0 Å². The van der Waals surface area contributed by atoms with Crippen molar-refractivity contribution in [1.29, 1.82) is 0 Å². The molecule has 0 aliphatic carbocycles. The maximum absolute atomic E-state index is 6.13. The maximum Gasteiger partial charge on any atom is 0.118 e. The minimum Gasteiger partial charge on any atom is -0.497 e. The van der Waals surface area contributed by atoms with Crippen molar-refractivity contribution in [3.8, 4) is 5.75 Å². The number of benzene rings is 2. The van der Waals surface area contributed by atoms with E-state index in [-0.39, 0.29) is 0 Å². The fourth-order valence-corrected chi connectivity index (χ4v) is 2.99. The smallest absolute Gasteiger partial charge is 0.118 e. The second-order valence-electron chi connectivity index (χ2n) is 3.59. The molecule has 0 atom stereocenters. The molecule has 0 radical (unpaired) electrons. The van der Waals surface area contributed by atoms with Crippen LogP contribution in [0.2, 0.25) is 10.0 Å². The summed E-state index contributed by atoms with van der Waals surface area (Å²) in [6.45, 7) is 0. The van der Waals surface area contributed by atoms with Crippen LogP contribution in [0.3, 0.4) is 0 Å². The first kappa shape index (κ1) is 13.4. The van der Waals surface area contributed by atoms with E-state index in [2.05, 4.69) is 0 Å². The van der Waals surface area contributed by atoms with Gasteiger partial charge in [-0.2, -0.15) is 0 Å². The first-order chi connectivity index (χ1) is 8.60. The molecule has 0 saturated heterocycles. The van der Waals surface area contributed by atoms with Crippen LogP contribution in [0.4, 0.5) is 5.69 Å². The third-order valence-corrected chi connectivity index (χ3v) is 4.27. The van der Waals surface area contributed by atoms with Crippen LogP contribution in [0.1, 0.15) is 0 Å². The molecule has 2 aromatic carbocycles. The molecule has 94 valence electrons. The molecule has 0 unspecified atom stereocenters. The molecule has 0 bridgehead atoms. The van der Waals surface area contributed by atoms with Gasteiger partial charge in [0, 0.05) is 15.5 Å². The summed E-state index contributed by atoms with van der Waals surface area (Å²) in [6.07, 6.45) is 0. The number of anilines is 1. The van der Waals surface area contributed by atoms with Crippen LogP contribution in [-0.4, -0.2) is 7.11 Å². The summed E-state index contributed by atoms with van der Waals surface area (Å²) >= 11 is 13.8. The molecule has 2 rings (SSSR count). The van der Waals surface area contributed by atoms with E-state index in [9.17, 15) is 0 Å². The maximum atomic E-state index is 6.13. The average molecular weight is 300 g/mol. The lowest BCUT2D eigenvalue weighted by molar-refractivity contribution is 0.414. The van der Waals surface area contributed by atoms with Gasteiger partial charge in [0.2, 0.25) is 0 Å².